The molecular weight excluding hydrogens is 326 g/mol. The van der Waals surface area contributed by atoms with Crippen LogP contribution in [0, 0.1) is 0 Å². The summed E-state index contributed by atoms with van der Waals surface area (Å²) in [7, 11) is 0. The van der Waals surface area contributed by atoms with Crippen LogP contribution in [0.3, 0.4) is 0 Å². The summed E-state index contributed by atoms with van der Waals surface area (Å²) in [5.74, 6) is 1.10. The van der Waals surface area contributed by atoms with Crippen LogP contribution in [0.4, 0.5) is 0 Å². The van der Waals surface area contributed by atoms with Crippen LogP contribution in [-0.2, 0) is 0 Å². The van der Waals surface area contributed by atoms with Crippen molar-refractivity contribution in [3.8, 4) is 11.6 Å². The molecule has 2 aromatic heterocycles. The highest BCUT2D eigenvalue weighted by Gasteiger charge is 2.11. The number of phenolic OH excluding ortho intramolecular Hbond substituents is 1. The fourth-order valence-corrected chi connectivity index (χ4v) is 2.76. The van der Waals surface area contributed by atoms with Crippen molar-refractivity contribution in [2.45, 2.75) is 0 Å². The fourth-order valence-electron chi connectivity index (χ4n) is 2.76. The summed E-state index contributed by atoms with van der Waals surface area (Å²) >= 11 is 0. The first-order valence-electron chi connectivity index (χ1n) is 8.13. The zero-order valence-corrected chi connectivity index (χ0v) is 13.8. The standard InChI is InChI=1S/C21H15N3O2/c25-18-10-4-1-7-15(18)12-13-20-23-17-9-3-2-8-16(17)21(26)24(20)19-11-5-6-14-22-19/h1-14,25H/b13-12+. The number of pyridine rings is 1. The number of hydrogen-bond acceptors (Lipinski definition) is 4. The van der Waals surface area contributed by atoms with Gasteiger partial charge in [-0.25, -0.2) is 14.5 Å². The molecule has 0 aliphatic rings. The second-order valence-corrected chi connectivity index (χ2v) is 5.71. The second-order valence-electron chi connectivity index (χ2n) is 5.71. The first kappa shape index (κ1) is 15.8. The molecule has 0 bridgehead atoms. The summed E-state index contributed by atoms with van der Waals surface area (Å²) in [6.07, 6.45) is 5.07. The van der Waals surface area contributed by atoms with Crippen LogP contribution in [0.5, 0.6) is 5.75 Å². The van der Waals surface area contributed by atoms with E-state index >= 15 is 0 Å². The van der Waals surface area contributed by atoms with Crippen LogP contribution in [0.2, 0.25) is 0 Å². The molecule has 0 saturated heterocycles. The molecule has 1 N–H and O–H groups in total. The first-order valence-corrected chi connectivity index (χ1v) is 8.13. The maximum atomic E-state index is 13.0. The van der Waals surface area contributed by atoms with Crippen LogP contribution in [-0.4, -0.2) is 19.6 Å². The number of rotatable bonds is 3. The fraction of sp³-hybridized carbons (Fsp3) is 0. The number of hydrogen-bond donors (Lipinski definition) is 1. The van der Waals surface area contributed by atoms with Crippen molar-refractivity contribution in [3.63, 3.8) is 0 Å². The summed E-state index contributed by atoms with van der Waals surface area (Å²) in [6.45, 7) is 0. The van der Waals surface area contributed by atoms with E-state index in [0.717, 1.165) is 0 Å². The lowest BCUT2D eigenvalue weighted by molar-refractivity contribution is 0.474. The molecule has 2 heterocycles. The Morgan fingerprint density at radius 3 is 2.46 bits per heavy atom. The third kappa shape index (κ3) is 2.86. The van der Waals surface area contributed by atoms with Gasteiger partial charge in [0.1, 0.15) is 17.4 Å². The summed E-state index contributed by atoms with van der Waals surface area (Å²) in [4.78, 5) is 21.9. The number of nitrogens with zero attached hydrogens (tertiary/aromatic N) is 3. The molecular formula is C21H15N3O2. The van der Waals surface area contributed by atoms with E-state index in [-0.39, 0.29) is 11.3 Å². The Labute approximate surface area is 149 Å². The highest BCUT2D eigenvalue weighted by Crippen LogP contribution is 2.19. The Morgan fingerprint density at radius 1 is 0.885 bits per heavy atom. The van der Waals surface area contributed by atoms with Gasteiger partial charge in [0, 0.05) is 11.8 Å². The van der Waals surface area contributed by atoms with Gasteiger partial charge in [-0.05, 0) is 42.5 Å². The van der Waals surface area contributed by atoms with Gasteiger partial charge in [0.05, 0.1) is 10.9 Å². The van der Waals surface area contributed by atoms with Crippen molar-refractivity contribution in [1.29, 1.82) is 0 Å². The molecule has 0 radical (unpaired) electrons. The van der Waals surface area contributed by atoms with Crippen molar-refractivity contribution >= 4 is 23.1 Å². The van der Waals surface area contributed by atoms with E-state index < -0.39 is 0 Å². The van der Waals surface area contributed by atoms with Gasteiger partial charge in [-0.15, -0.1) is 0 Å². The zero-order valence-electron chi connectivity index (χ0n) is 13.8. The van der Waals surface area contributed by atoms with E-state index in [9.17, 15) is 9.90 Å². The van der Waals surface area contributed by atoms with Crippen LogP contribution in [0.15, 0.2) is 77.7 Å². The molecule has 126 valence electrons. The van der Waals surface area contributed by atoms with E-state index in [2.05, 4.69) is 9.97 Å². The Bertz CT molecular complexity index is 1160. The minimum atomic E-state index is -0.189. The van der Waals surface area contributed by atoms with Gasteiger partial charge in [0.15, 0.2) is 0 Å². The second kappa shape index (κ2) is 6.64. The smallest absolute Gasteiger partial charge is 0.267 e. The third-order valence-corrected chi connectivity index (χ3v) is 4.03. The number of phenols is 1. The number of aromatic hydroxyl groups is 1. The Balaban J connectivity index is 1.96. The molecule has 26 heavy (non-hydrogen) atoms. The van der Waals surface area contributed by atoms with Crippen molar-refractivity contribution < 1.29 is 5.11 Å². The molecule has 0 fully saturated rings. The Hall–Kier alpha value is -3.73. The maximum absolute atomic E-state index is 13.0. The number of benzene rings is 2. The largest absolute Gasteiger partial charge is 0.507 e. The quantitative estimate of drug-likeness (QED) is 0.617. The Kier molecular flexibility index (Phi) is 4.03. The van der Waals surface area contributed by atoms with Crippen molar-refractivity contribution in [2.75, 3.05) is 0 Å². The van der Waals surface area contributed by atoms with Crippen molar-refractivity contribution in [2.24, 2.45) is 0 Å². The lowest BCUT2D eigenvalue weighted by atomic mass is 10.2. The highest BCUT2D eigenvalue weighted by atomic mass is 16.3. The molecule has 0 atom stereocenters. The minimum absolute atomic E-state index is 0.163. The molecule has 0 spiro atoms. The average molecular weight is 341 g/mol. The van der Waals surface area contributed by atoms with Gasteiger partial charge in [-0.1, -0.05) is 36.4 Å². The molecule has 0 saturated carbocycles. The van der Waals surface area contributed by atoms with Crippen LogP contribution < -0.4 is 5.56 Å². The van der Waals surface area contributed by atoms with Crippen LogP contribution in [0.25, 0.3) is 28.9 Å². The lowest BCUT2D eigenvalue weighted by Gasteiger charge is -2.10. The van der Waals surface area contributed by atoms with Gasteiger partial charge < -0.3 is 5.11 Å². The molecule has 2 aromatic carbocycles. The van der Waals surface area contributed by atoms with Crippen LogP contribution >= 0.6 is 0 Å². The summed E-state index contributed by atoms with van der Waals surface area (Å²) in [5, 5.41) is 10.5. The van der Waals surface area contributed by atoms with Gasteiger partial charge >= 0.3 is 0 Å². The van der Waals surface area contributed by atoms with Gasteiger partial charge in [0.2, 0.25) is 0 Å². The maximum Gasteiger partial charge on any atom is 0.267 e. The summed E-state index contributed by atoms with van der Waals surface area (Å²) in [6, 6.07) is 19.6. The van der Waals surface area contributed by atoms with Gasteiger partial charge in [0.25, 0.3) is 5.56 Å². The lowest BCUT2D eigenvalue weighted by Crippen LogP contribution is -2.23. The topological polar surface area (TPSA) is 68.0 Å². The first-order chi connectivity index (χ1) is 12.7. The molecule has 0 aliphatic carbocycles. The molecule has 4 aromatic rings. The summed E-state index contributed by atoms with van der Waals surface area (Å²) < 4.78 is 1.47. The molecule has 5 nitrogen and oxygen atoms in total. The van der Waals surface area contributed by atoms with E-state index in [1.54, 1.807) is 60.8 Å². The van der Waals surface area contributed by atoms with Crippen molar-refractivity contribution in [3.05, 3.63) is 94.7 Å². The molecule has 5 heteroatoms. The zero-order chi connectivity index (χ0) is 17.9. The SMILES string of the molecule is O=c1c2ccccc2nc(/C=C/c2ccccc2O)n1-c1ccccn1. The number of aromatic nitrogens is 3. The number of fused-ring (bicyclic) bond motifs is 1. The minimum Gasteiger partial charge on any atom is -0.507 e. The predicted molar refractivity (Wildman–Crippen MR) is 102 cm³/mol. The monoisotopic (exact) mass is 341 g/mol. The van der Waals surface area contributed by atoms with E-state index in [1.165, 1.54) is 4.57 Å². The van der Waals surface area contributed by atoms with E-state index in [1.807, 2.05) is 24.3 Å². The normalized spacial score (nSPS) is 11.2. The molecule has 4 rings (SSSR count). The van der Waals surface area contributed by atoms with Crippen molar-refractivity contribution in [1.82, 2.24) is 14.5 Å². The van der Waals surface area contributed by atoms with Gasteiger partial charge in [-0.3, -0.25) is 4.79 Å². The molecule has 0 unspecified atom stereocenters. The van der Waals surface area contributed by atoms with E-state index in [4.69, 9.17) is 0 Å². The number of para-hydroxylation sites is 2. The van der Waals surface area contributed by atoms with Crippen LogP contribution in [0.1, 0.15) is 11.4 Å². The predicted octanol–water partition coefficient (Wildman–Crippen LogP) is 3.66. The molecule has 0 amide bonds. The Morgan fingerprint density at radius 2 is 1.65 bits per heavy atom. The van der Waals surface area contributed by atoms with E-state index in [0.29, 0.717) is 28.1 Å². The molecule has 0 aliphatic heterocycles. The van der Waals surface area contributed by atoms with Gasteiger partial charge in [-0.2, -0.15) is 0 Å². The average Bonchev–Trinajstić information content (AvgIpc) is 2.68. The summed E-state index contributed by atoms with van der Waals surface area (Å²) in [5.41, 5.74) is 1.07. The third-order valence-electron chi connectivity index (χ3n) is 4.03. The highest BCUT2D eigenvalue weighted by molar-refractivity contribution is 5.80.